The van der Waals surface area contributed by atoms with Gasteiger partial charge in [0.1, 0.15) is 0 Å². The van der Waals surface area contributed by atoms with Crippen LogP contribution in [-0.2, 0) is 7.05 Å². The lowest BCUT2D eigenvalue weighted by Gasteiger charge is -2.10. The Kier molecular flexibility index (Phi) is 3.78. The Hall–Kier alpha value is -1.36. The van der Waals surface area contributed by atoms with E-state index in [0.29, 0.717) is 11.6 Å². The van der Waals surface area contributed by atoms with Gasteiger partial charge in [0.2, 0.25) is 0 Å². The van der Waals surface area contributed by atoms with Crippen LogP contribution in [0.25, 0.3) is 0 Å². The SMILES string of the molecule is Cc1nn(C)cc1C(=O)NCC[C@H]1CCCN1. The molecule has 1 aromatic heterocycles. The molecule has 2 rings (SSSR count). The lowest BCUT2D eigenvalue weighted by Crippen LogP contribution is -2.30. The molecule has 2 N–H and O–H groups in total. The van der Waals surface area contributed by atoms with Gasteiger partial charge in [0.15, 0.2) is 0 Å². The summed E-state index contributed by atoms with van der Waals surface area (Å²) >= 11 is 0. The van der Waals surface area contributed by atoms with Crippen molar-refractivity contribution in [3.8, 4) is 0 Å². The van der Waals surface area contributed by atoms with Gasteiger partial charge in [-0.15, -0.1) is 0 Å². The van der Waals surface area contributed by atoms with E-state index >= 15 is 0 Å². The zero-order valence-electron chi connectivity index (χ0n) is 10.5. The molecule has 0 spiro atoms. The minimum atomic E-state index is -0.0198. The summed E-state index contributed by atoms with van der Waals surface area (Å²) in [6, 6.07) is 0.574. The molecule has 2 heterocycles. The standard InChI is InChI=1S/C12H20N4O/c1-9-11(8-16(2)15-9)12(17)14-7-5-10-4-3-6-13-10/h8,10,13H,3-7H2,1-2H3,(H,14,17)/t10-/m1/s1. The molecule has 17 heavy (non-hydrogen) atoms. The number of carbonyl (C=O) groups is 1. The van der Waals surface area contributed by atoms with Crippen molar-refractivity contribution in [3.63, 3.8) is 0 Å². The molecular formula is C12H20N4O. The van der Waals surface area contributed by atoms with E-state index in [-0.39, 0.29) is 5.91 Å². The Morgan fingerprint density at radius 2 is 2.53 bits per heavy atom. The predicted octanol–water partition coefficient (Wildman–Crippen LogP) is 0.600. The van der Waals surface area contributed by atoms with E-state index in [1.54, 1.807) is 10.9 Å². The Bertz CT molecular complexity index is 393. The maximum atomic E-state index is 11.9. The highest BCUT2D eigenvalue weighted by atomic mass is 16.1. The van der Waals surface area contributed by atoms with Crippen molar-refractivity contribution in [2.75, 3.05) is 13.1 Å². The highest BCUT2D eigenvalue weighted by Crippen LogP contribution is 2.08. The summed E-state index contributed by atoms with van der Waals surface area (Å²) < 4.78 is 1.67. The topological polar surface area (TPSA) is 59.0 Å². The lowest BCUT2D eigenvalue weighted by atomic mass is 10.1. The first kappa shape index (κ1) is 12.1. The van der Waals surface area contributed by atoms with Crippen LogP contribution in [0, 0.1) is 6.92 Å². The zero-order chi connectivity index (χ0) is 12.3. The fourth-order valence-electron chi connectivity index (χ4n) is 2.28. The van der Waals surface area contributed by atoms with Crippen LogP contribution in [0.4, 0.5) is 0 Å². The average molecular weight is 236 g/mol. The van der Waals surface area contributed by atoms with Gasteiger partial charge in [0.25, 0.3) is 5.91 Å². The molecule has 1 aliphatic rings. The third-order valence-corrected chi connectivity index (χ3v) is 3.20. The first-order valence-electron chi connectivity index (χ1n) is 6.18. The highest BCUT2D eigenvalue weighted by molar-refractivity contribution is 5.94. The monoisotopic (exact) mass is 236 g/mol. The van der Waals surface area contributed by atoms with Crippen molar-refractivity contribution in [1.29, 1.82) is 0 Å². The van der Waals surface area contributed by atoms with E-state index in [4.69, 9.17) is 0 Å². The molecule has 0 saturated carbocycles. The number of carbonyl (C=O) groups excluding carboxylic acids is 1. The van der Waals surface area contributed by atoms with E-state index in [0.717, 1.165) is 25.2 Å². The second kappa shape index (κ2) is 5.31. The van der Waals surface area contributed by atoms with Crippen molar-refractivity contribution in [3.05, 3.63) is 17.5 Å². The third-order valence-electron chi connectivity index (χ3n) is 3.20. The van der Waals surface area contributed by atoms with E-state index < -0.39 is 0 Å². The number of amides is 1. The summed E-state index contributed by atoms with van der Waals surface area (Å²) in [4.78, 5) is 11.9. The Balaban J connectivity index is 1.78. The molecule has 5 nitrogen and oxygen atoms in total. The molecule has 0 unspecified atom stereocenters. The van der Waals surface area contributed by atoms with Crippen LogP contribution < -0.4 is 10.6 Å². The van der Waals surface area contributed by atoms with Crippen LogP contribution in [0.2, 0.25) is 0 Å². The van der Waals surface area contributed by atoms with E-state index in [9.17, 15) is 4.79 Å². The molecule has 1 saturated heterocycles. The fraction of sp³-hybridized carbons (Fsp3) is 0.667. The molecule has 94 valence electrons. The van der Waals surface area contributed by atoms with Crippen LogP contribution in [0.5, 0.6) is 0 Å². The van der Waals surface area contributed by atoms with Crippen molar-refractivity contribution in [1.82, 2.24) is 20.4 Å². The number of hydrogen-bond acceptors (Lipinski definition) is 3. The largest absolute Gasteiger partial charge is 0.352 e. The molecule has 0 bridgehead atoms. The second-order valence-corrected chi connectivity index (χ2v) is 4.64. The van der Waals surface area contributed by atoms with Gasteiger partial charge in [-0.05, 0) is 32.7 Å². The molecular weight excluding hydrogens is 216 g/mol. The molecule has 5 heteroatoms. The molecule has 1 aromatic rings. The van der Waals surface area contributed by atoms with Crippen LogP contribution in [-0.4, -0.2) is 34.8 Å². The van der Waals surface area contributed by atoms with Gasteiger partial charge in [-0.3, -0.25) is 9.48 Å². The number of aryl methyl sites for hydroxylation is 2. The highest BCUT2D eigenvalue weighted by Gasteiger charge is 2.15. The Morgan fingerprint density at radius 3 is 3.12 bits per heavy atom. The summed E-state index contributed by atoms with van der Waals surface area (Å²) in [6.45, 7) is 3.69. The summed E-state index contributed by atoms with van der Waals surface area (Å²) in [7, 11) is 1.83. The lowest BCUT2D eigenvalue weighted by molar-refractivity contribution is 0.0951. The third kappa shape index (κ3) is 3.06. The fourth-order valence-corrected chi connectivity index (χ4v) is 2.28. The maximum Gasteiger partial charge on any atom is 0.254 e. The Labute approximate surface area is 102 Å². The number of aromatic nitrogens is 2. The van der Waals surface area contributed by atoms with Gasteiger partial charge in [0, 0.05) is 25.8 Å². The van der Waals surface area contributed by atoms with Crippen molar-refractivity contribution in [2.24, 2.45) is 7.05 Å². The average Bonchev–Trinajstić information content (AvgIpc) is 2.88. The van der Waals surface area contributed by atoms with Crippen LogP contribution in [0.3, 0.4) is 0 Å². The van der Waals surface area contributed by atoms with Gasteiger partial charge in [-0.1, -0.05) is 0 Å². The summed E-state index contributed by atoms with van der Waals surface area (Å²) in [5.41, 5.74) is 1.45. The number of hydrogen-bond donors (Lipinski definition) is 2. The molecule has 1 fully saturated rings. The van der Waals surface area contributed by atoms with Crippen molar-refractivity contribution >= 4 is 5.91 Å². The molecule has 1 amide bonds. The van der Waals surface area contributed by atoms with Crippen LogP contribution in [0.1, 0.15) is 35.3 Å². The number of nitrogens with one attached hydrogen (secondary N) is 2. The van der Waals surface area contributed by atoms with E-state index in [2.05, 4.69) is 15.7 Å². The van der Waals surface area contributed by atoms with Crippen molar-refractivity contribution < 1.29 is 4.79 Å². The smallest absolute Gasteiger partial charge is 0.254 e. The quantitative estimate of drug-likeness (QED) is 0.805. The minimum absolute atomic E-state index is 0.0198. The normalized spacial score (nSPS) is 19.5. The van der Waals surface area contributed by atoms with Crippen LogP contribution >= 0.6 is 0 Å². The number of rotatable bonds is 4. The van der Waals surface area contributed by atoms with E-state index in [1.165, 1.54) is 12.8 Å². The van der Waals surface area contributed by atoms with Gasteiger partial charge in [-0.25, -0.2) is 0 Å². The van der Waals surface area contributed by atoms with Gasteiger partial charge in [0.05, 0.1) is 11.3 Å². The summed E-state index contributed by atoms with van der Waals surface area (Å²) in [6.07, 6.45) is 5.24. The van der Waals surface area contributed by atoms with Crippen molar-refractivity contribution in [2.45, 2.75) is 32.2 Å². The van der Waals surface area contributed by atoms with Gasteiger partial charge >= 0.3 is 0 Å². The summed E-state index contributed by atoms with van der Waals surface area (Å²) in [5, 5.41) is 10.5. The predicted molar refractivity (Wildman–Crippen MR) is 65.9 cm³/mol. The molecule has 1 atom stereocenters. The molecule has 0 aliphatic carbocycles. The maximum absolute atomic E-state index is 11.9. The first-order chi connectivity index (χ1) is 8.16. The second-order valence-electron chi connectivity index (χ2n) is 4.64. The minimum Gasteiger partial charge on any atom is -0.352 e. The Morgan fingerprint density at radius 1 is 1.71 bits per heavy atom. The zero-order valence-corrected chi connectivity index (χ0v) is 10.5. The molecule has 1 aliphatic heterocycles. The number of nitrogens with zero attached hydrogens (tertiary/aromatic N) is 2. The first-order valence-corrected chi connectivity index (χ1v) is 6.18. The van der Waals surface area contributed by atoms with Crippen LogP contribution in [0.15, 0.2) is 6.20 Å². The van der Waals surface area contributed by atoms with Gasteiger partial charge in [-0.2, -0.15) is 5.10 Å². The summed E-state index contributed by atoms with van der Waals surface area (Å²) in [5.74, 6) is -0.0198. The molecule has 0 radical (unpaired) electrons. The molecule has 0 aromatic carbocycles. The van der Waals surface area contributed by atoms with E-state index in [1.807, 2.05) is 14.0 Å². The van der Waals surface area contributed by atoms with Gasteiger partial charge < -0.3 is 10.6 Å².